The molecule has 3 amide bonds. The normalized spacial score (nSPS) is 18.4. The number of hydrogen-bond acceptors (Lipinski definition) is 4. The fraction of sp³-hybridized carbons (Fsp3) is 0.250. The maximum Gasteiger partial charge on any atom is 0.416 e. The number of fused-ring (bicyclic) bond motifs is 1. The van der Waals surface area contributed by atoms with E-state index in [0.717, 1.165) is 29.2 Å². The fourth-order valence-corrected chi connectivity index (χ4v) is 4.00. The number of amides is 3. The lowest BCUT2D eigenvalue weighted by Crippen LogP contribution is -2.51. The van der Waals surface area contributed by atoms with Crippen LogP contribution in [0.1, 0.15) is 61.5 Å². The number of carbonyl (C=O) groups excluding carboxylic acids is 4. The number of hydrogen-bond donors (Lipinski definition) is 1. The molecule has 9 heteroatoms. The molecular formula is C24H19F3N2O4. The summed E-state index contributed by atoms with van der Waals surface area (Å²) in [4.78, 5) is 51.3. The van der Waals surface area contributed by atoms with E-state index in [1.807, 2.05) is 0 Å². The number of carbonyl (C=O) groups is 4. The molecule has 1 saturated heterocycles. The number of allylic oxidation sites excluding steroid dienone is 1. The van der Waals surface area contributed by atoms with E-state index < -0.39 is 35.5 Å². The number of benzene rings is 2. The van der Waals surface area contributed by atoms with Gasteiger partial charge in [0, 0.05) is 17.7 Å². The van der Waals surface area contributed by atoms with Crippen LogP contribution >= 0.6 is 0 Å². The molecule has 0 radical (unpaired) electrons. The first kappa shape index (κ1) is 22.4. The lowest BCUT2D eigenvalue weighted by molar-refractivity contribution is -0.137. The van der Waals surface area contributed by atoms with Crippen molar-refractivity contribution in [3.8, 4) is 0 Å². The summed E-state index contributed by atoms with van der Waals surface area (Å²) < 4.78 is 38.0. The van der Waals surface area contributed by atoms with Crippen molar-refractivity contribution >= 4 is 23.5 Å². The number of rotatable bonds is 5. The Bertz CT molecular complexity index is 1190. The molecule has 1 atom stereocenters. The number of nitrogens with zero attached hydrogens (tertiary/aromatic N) is 1. The van der Waals surface area contributed by atoms with Crippen LogP contribution in [0.15, 0.2) is 54.7 Å². The first-order valence-corrected chi connectivity index (χ1v) is 10.3. The quantitative estimate of drug-likeness (QED) is 0.546. The van der Waals surface area contributed by atoms with Crippen molar-refractivity contribution in [3.05, 3.63) is 82.6 Å². The van der Waals surface area contributed by atoms with Crippen molar-refractivity contribution in [2.24, 2.45) is 0 Å². The molecule has 0 bridgehead atoms. The van der Waals surface area contributed by atoms with Crippen molar-refractivity contribution in [1.29, 1.82) is 0 Å². The summed E-state index contributed by atoms with van der Waals surface area (Å²) in [7, 11) is 0. The molecule has 6 nitrogen and oxygen atoms in total. The zero-order valence-corrected chi connectivity index (χ0v) is 17.4. The van der Waals surface area contributed by atoms with Gasteiger partial charge in [-0.3, -0.25) is 24.1 Å². The Hall–Kier alpha value is -3.75. The Labute approximate surface area is 187 Å². The molecule has 2 aromatic rings. The van der Waals surface area contributed by atoms with Crippen LogP contribution in [0.3, 0.4) is 0 Å². The lowest BCUT2D eigenvalue weighted by atomic mass is 9.99. The molecule has 0 saturated carbocycles. The predicted molar refractivity (Wildman–Crippen MR) is 111 cm³/mol. The van der Waals surface area contributed by atoms with Crippen molar-refractivity contribution in [3.63, 3.8) is 0 Å². The number of halogens is 3. The maximum atomic E-state index is 12.9. The first-order chi connectivity index (χ1) is 15.6. The minimum absolute atomic E-state index is 0.0170. The molecule has 1 fully saturated rings. The molecule has 0 aliphatic carbocycles. The number of nitrogens with one attached hydrogen (secondary N) is 1. The second-order valence-electron chi connectivity index (χ2n) is 8.01. The molecule has 0 spiro atoms. The molecule has 4 rings (SSSR count). The van der Waals surface area contributed by atoms with E-state index in [0.29, 0.717) is 24.1 Å². The summed E-state index contributed by atoms with van der Waals surface area (Å²) in [6.45, 7) is 3.69. The van der Waals surface area contributed by atoms with Crippen LogP contribution < -0.4 is 5.32 Å². The van der Waals surface area contributed by atoms with Crippen LogP contribution in [-0.4, -0.2) is 34.4 Å². The minimum Gasteiger partial charge on any atom is -0.329 e. The molecular weight excluding hydrogens is 437 g/mol. The van der Waals surface area contributed by atoms with E-state index in [1.165, 1.54) is 12.1 Å². The topological polar surface area (TPSA) is 83.6 Å². The van der Waals surface area contributed by atoms with Crippen LogP contribution in [0.5, 0.6) is 0 Å². The largest absolute Gasteiger partial charge is 0.416 e. The molecule has 33 heavy (non-hydrogen) atoms. The average molecular weight is 456 g/mol. The summed E-state index contributed by atoms with van der Waals surface area (Å²) >= 11 is 0. The number of Topliss-reactive ketones (excluding diaryl/α,β-unsaturated/α-hetero) is 1. The van der Waals surface area contributed by atoms with E-state index >= 15 is 0 Å². The number of ketones is 1. The first-order valence-electron chi connectivity index (χ1n) is 10.3. The third kappa shape index (κ3) is 4.30. The van der Waals surface area contributed by atoms with Crippen LogP contribution in [-0.2, 0) is 17.4 Å². The number of alkyl halides is 3. The van der Waals surface area contributed by atoms with Gasteiger partial charge in [-0.15, -0.1) is 0 Å². The van der Waals surface area contributed by atoms with Crippen molar-refractivity contribution in [2.75, 3.05) is 0 Å². The van der Waals surface area contributed by atoms with E-state index in [9.17, 15) is 32.3 Å². The van der Waals surface area contributed by atoms with Gasteiger partial charge in [0.15, 0.2) is 5.78 Å². The summed E-state index contributed by atoms with van der Waals surface area (Å²) in [5.74, 6) is -1.91. The van der Waals surface area contributed by atoms with Gasteiger partial charge in [-0.2, -0.15) is 13.2 Å². The van der Waals surface area contributed by atoms with Gasteiger partial charge >= 0.3 is 6.18 Å². The SMILES string of the molecule is C=C1CCC(N2C(=O)c3ccc(CCC(=O)c4ccc(C(F)(F)F)cc4)cc3C2=O)C(=O)N1. The van der Waals surface area contributed by atoms with Crippen LogP contribution in [0.4, 0.5) is 13.2 Å². The lowest BCUT2D eigenvalue weighted by Gasteiger charge is -2.29. The van der Waals surface area contributed by atoms with E-state index in [1.54, 1.807) is 6.07 Å². The fourth-order valence-electron chi connectivity index (χ4n) is 4.00. The van der Waals surface area contributed by atoms with E-state index in [2.05, 4.69) is 11.9 Å². The summed E-state index contributed by atoms with van der Waals surface area (Å²) in [6, 6.07) is 7.72. The molecule has 2 aliphatic rings. The van der Waals surface area contributed by atoms with E-state index in [4.69, 9.17) is 0 Å². The van der Waals surface area contributed by atoms with Crippen LogP contribution in [0, 0.1) is 0 Å². The van der Waals surface area contributed by atoms with Crippen LogP contribution in [0.25, 0.3) is 0 Å². The Morgan fingerprint density at radius 2 is 1.70 bits per heavy atom. The van der Waals surface area contributed by atoms with Crippen molar-refractivity contribution < 1.29 is 32.3 Å². The third-order valence-electron chi connectivity index (χ3n) is 5.79. The molecule has 1 N–H and O–H groups in total. The summed E-state index contributed by atoms with van der Waals surface area (Å²) in [5.41, 5.74) is 0.839. The molecule has 2 aliphatic heterocycles. The standard InChI is InChI=1S/C24H19F3N2O4/c1-13-2-10-19(21(31)28-13)29-22(32)17-9-3-14(12-18(17)23(29)33)4-11-20(30)15-5-7-16(8-6-15)24(25,26)27/h3,5-9,12,19H,1-2,4,10-11H2,(H,28,31). The highest BCUT2D eigenvalue weighted by molar-refractivity contribution is 6.23. The summed E-state index contributed by atoms with van der Waals surface area (Å²) in [6.07, 6.45) is -3.47. The molecule has 0 aromatic heterocycles. The van der Waals surface area contributed by atoms with Crippen LogP contribution in [0.2, 0.25) is 0 Å². The van der Waals surface area contributed by atoms with Gasteiger partial charge in [0.25, 0.3) is 11.8 Å². The second kappa shape index (κ2) is 8.31. The Kier molecular flexibility index (Phi) is 5.65. The van der Waals surface area contributed by atoms with Crippen molar-refractivity contribution in [1.82, 2.24) is 10.2 Å². The zero-order valence-electron chi connectivity index (χ0n) is 17.4. The number of aryl methyl sites for hydroxylation is 1. The van der Waals surface area contributed by atoms with Gasteiger partial charge in [0.2, 0.25) is 5.91 Å². The van der Waals surface area contributed by atoms with Crippen molar-refractivity contribution in [2.45, 2.75) is 37.9 Å². The van der Waals surface area contributed by atoms with Gasteiger partial charge in [-0.05, 0) is 49.1 Å². The predicted octanol–water partition coefficient (Wildman–Crippen LogP) is 3.91. The zero-order chi connectivity index (χ0) is 23.9. The Morgan fingerprint density at radius 3 is 2.33 bits per heavy atom. The maximum absolute atomic E-state index is 12.9. The highest BCUT2D eigenvalue weighted by Crippen LogP contribution is 2.30. The Balaban J connectivity index is 1.45. The van der Waals surface area contributed by atoms with Gasteiger partial charge < -0.3 is 5.32 Å². The molecule has 1 unspecified atom stereocenters. The van der Waals surface area contributed by atoms with Gasteiger partial charge in [0.1, 0.15) is 6.04 Å². The highest BCUT2D eigenvalue weighted by Gasteiger charge is 2.43. The minimum atomic E-state index is -4.48. The van der Waals surface area contributed by atoms with Gasteiger partial charge in [-0.1, -0.05) is 24.8 Å². The second-order valence-corrected chi connectivity index (χ2v) is 8.01. The average Bonchev–Trinajstić information content (AvgIpc) is 3.01. The third-order valence-corrected chi connectivity index (χ3v) is 5.79. The molecule has 2 heterocycles. The highest BCUT2D eigenvalue weighted by atomic mass is 19.4. The van der Waals surface area contributed by atoms with Gasteiger partial charge in [0.05, 0.1) is 16.7 Å². The number of imide groups is 1. The Morgan fingerprint density at radius 1 is 1.03 bits per heavy atom. The molecule has 2 aromatic carbocycles. The van der Waals surface area contributed by atoms with E-state index in [-0.39, 0.29) is 35.3 Å². The number of piperidine rings is 1. The summed E-state index contributed by atoms with van der Waals surface area (Å²) in [5, 5.41) is 2.57. The van der Waals surface area contributed by atoms with Gasteiger partial charge in [-0.25, -0.2) is 0 Å². The smallest absolute Gasteiger partial charge is 0.329 e. The molecule has 170 valence electrons. The monoisotopic (exact) mass is 456 g/mol.